The van der Waals surface area contributed by atoms with Gasteiger partial charge < -0.3 is 5.32 Å². The molecule has 0 fully saturated rings. The molecule has 1 aliphatic rings. The Kier molecular flexibility index (Phi) is 3.13. The van der Waals surface area contributed by atoms with E-state index in [1.54, 1.807) is 0 Å². The SMILES string of the molecule is CC(C)C1=C(C#N)Sc2cc(Cl)ccc2N1. The van der Waals surface area contributed by atoms with Gasteiger partial charge in [-0.15, -0.1) is 0 Å². The normalized spacial score (nSPS) is 14.4. The zero-order valence-corrected chi connectivity index (χ0v) is 10.6. The molecule has 1 N–H and O–H groups in total. The molecule has 0 aliphatic carbocycles. The van der Waals surface area contributed by atoms with E-state index in [-0.39, 0.29) is 0 Å². The topological polar surface area (TPSA) is 35.8 Å². The van der Waals surface area contributed by atoms with E-state index in [1.165, 1.54) is 11.8 Å². The molecule has 0 saturated heterocycles. The summed E-state index contributed by atoms with van der Waals surface area (Å²) in [6, 6.07) is 7.91. The van der Waals surface area contributed by atoms with Gasteiger partial charge in [0, 0.05) is 15.6 Å². The Bertz CT molecular complexity index is 500. The van der Waals surface area contributed by atoms with Crippen LogP contribution in [0.15, 0.2) is 33.7 Å². The first kappa shape index (κ1) is 11.4. The summed E-state index contributed by atoms with van der Waals surface area (Å²) < 4.78 is 0. The largest absolute Gasteiger partial charge is 0.356 e. The Morgan fingerprint density at radius 1 is 1.44 bits per heavy atom. The fourth-order valence-corrected chi connectivity index (χ4v) is 2.85. The zero-order valence-electron chi connectivity index (χ0n) is 9.04. The van der Waals surface area contributed by atoms with Crippen LogP contribution in [0.4, 0.5) is 5.69 Å². The van der Waals surface area contributed by atoms with E-state index in [1.807, 2.05) is 18.2 Å². The van der Waals surface area contributed by atoms with Crippen molar-refractivity contribution in [1.82, 2.24) is 0 Å². The van der Waals surface area contributed by atoms with Crippen molar-refractivity contribution in [3.8, 4) is 6.07 Å². The number of rotatable bonds is 1. The second-order valence-electron chi connectivity index (χ2n) is 3.88. The van der Waals surface area contributed by atoms with E-state index in [0.717, 1.165) is 21.2 Å². The van der Waals surface area contributed by atoms with Crippen LogP contribution in [-0.4, -0.2) is 0 Å². The molecule has 1 heterocycles. The molecular weight excluding hydrogens is 240 g/mol. The lowest BCUT2D eigenvalue weighted by molar-refractivity contribution is 0.771. The van der Waals surface area contributed by atoms with Crippen molar-refractivity contribution >= 4 is 29.1 Å². The number of fused-ring (bicyclic) bond motifs is 1. The Morgan fingerprint density at radius 2 is 2.19 bits per heavy atom. The number of allylic oxidation sites excluding steroid dienone is 2. The summed E-state index contributed by atoms with van der Waals surface area (Å²) in [6.07, 6.45) is 0. The number of halogens is 1. The molecule has 16 heavy (non-hydrogen) atoms. The average molecular weight is 251 g/mol. The molecule has 0 saturated carbocycles. The Balaban J connectivity index is 2.44. The highest BCUT2D eigenvalue weighted by Gasteiger charge is 2.20. The van der Waals surface area contributed by atoms with Crippen molar-refractivity contribution in [2.45, 2.75) is 18.7 Å². The molecule has 0 amide bonds. The minimum Gasteiger partial charge on any atom is -0.356 e. The van der Waals surface area contributed by atoms with Crippen molar-refractivity contribution in [2.24, 2.45) is 5.92 Å². The van der Waals surface area contributed by atoms with Crippen LogP contribution >= 0.6 is 23.4 Å². The van der Waals surface area contributed by atoms with E-state index in [9.17, 15) is 0 Å². The number of nitrogens with one attached hydrogen (secondary N) is 1. The first-order valence-electron chi connectivity index (χ1n) is 5.00. The lowest BCUT2D eigenvalue weighted by Gasteiger charge is -2.23. The van der Waals surface area contributed by atoms with Gasteiger partial charge in [-0.05, 0) is 24.1 Å². The third-order valence-electron chi connectivity index (χ3n) is 2.35. The highest BCUT2D eigenvalue weighted by atomic mass is 35.5. The van der Waals surface area contributed by atoms with Gasteiger partial charge >= 0.3 is 0 Å². The van der Waals surface area contributed by atoms with E-state index in [0.29, 0.717) is 10.9 Å². The maximum Gasteiger partial charge on any atom is 0.109 e. The molecule has 1 aromatic carbocycles. The molecule has 2 rings (SSSR count). The van der Waals surface area contributed by atoms with Crippen molar-refractivity contribution < 1.29 is 0 Å². The maximum absolute atomic E-state index is 9.10. The van der Waals surface area contributed by atoms with Crippen LogP contribution in [0.1, 0.15) is 13.8 Å². The molecule has 4 heteroatoms. The van der Waals surface area contributed by atoms with Gasteiger partial charge in [0.2, 0.25) is 0 Å². The number of thioether (sulfide) groups is 1. The van der Waals surface area contributed by atoms with Crippen LogP contribution in [0, 0.1) is 17.2 Å². The van der Waals surface area contributed by atoms with Crippen LogP contribution in [0.3, 0.4) is 0 Å². The van der Waals surface area contributed by atoms with Crippen molar-refractivity contribution in [1.29, 1.82) is 5.26 Å². The third kappa shape index (κ3) is 2.04. The van der Waals surface area contributed by atoms with Crippen LogP contribution < -0.4 is 5.32 Å². The Labute approximate surface area is 104 Å². The molecular formula is C12H11ClN2S. The predicted octanol–water partition coefficient (Wildman–Crippen LogP) is 4.25. The number of nitriles is 1. The van der Waals surface area contributed by atoms with Crippen LogP contribution in [0.2, 0.25) is 5.02 Å². The highest BCUT2D eigenvalue weighted by Crippen LogP contribution is 2.42. The van der Waals surface area contributed by atoms with Gasteiger partial charge in [0.1, 0.15) is 11.0 Å². The first-order chi connectivity index (χ1) is 7.61. The zero-order chi connectivity index (χ0) is 11.7. The second kappa shape index (κ2) is 4.40. The van der Waals surface area contributed by atoms with Gasteiger partial charge in [0.25, 0.3) is 0 Å². The summed E-state index contributed by atoms with van der Waals surface area (Å²) in [7, 11) is 0. The quantitative estimate of drug-likeness (QED) is 0.809. The average Bonchev–Trinajstić information content (AvgIpc) is 2.26. The second-order valence-corrected chi connectivity index (χ2v) is 5.37. The summed E-state index contributed by atoms with van der Waals surface area (Å²) in [6.45, 7) is 4.14. The molecule has 1 aromatic rings. The van der Waals surface area contributed by atoms with E-state index in [4.69, 9.17) is 16.9 Å². The monoisotopic (exact) mass is 250 g/mol. The number of hydrogen-bond acceptors (Lipinski definition) is 3. The van der Waals surface area contributed by atoms with Crippen LogP contribution in [-0.2, 0) is 0 Å². The van der Waals surface area contributed by atoms with Crippen molar-refractivity contribution in [2.75, 3.05) is 5.32 Å². The number of hydrogen-bond donors (Lipinski definition) is 1. The first-order valence-corrected chi connectivity index (χ1v) is 6.20. The van der Waals surface area contributed by atoms with E-state index in [2.05, 4.69) is 25.2 Å². The summed E-state index contributed by atoms with van der Waals surface area (Å²) in [5.41, 5.74) is 2.01. The van der Waals surface area contributed by atoms with Gasteiger partial charge in [-0.3, -0.25) is 0 Å². The van der Waals surface area contributed by atoms with Crippen molar-refractivity contribution in [3.05, 3.63) is 33.8 Å². The molecule has 0 spiro atoms. The van der Waals surface area contributed by atoms with Gasteiger partial charge in [-0.2, -0.15) is 5.26 Å². The fourth-order valence-electron chi connectivity index (χ4n) is 1.54. The Morgan fingerprint density at radius 3 is 2.81 bits per heavy atom. The standard InChI is InChI=1S/C12H11ClN2S/c1-7(2)12-11(6-14)16-10-5-8(13)3-4-9(10)15-12/h3-5,7,15H,1-2H3. The molecule has 0 radical (unpaired) electrons. The van der Waals surface area contributed by atoms with Crippen LogP contribution in [0.5, 0.6) is 0 Å². The smallest absolute Gasteiger partial charge is 0.109 e. The van der Waals surface area contributed by atoms with Gasteiger partial charge in [-0.25, -0.2) is 0 Å². The number of benzene rings is 1. The summed E-state index contributed by atoms with van der Waals surface area (Å²) in [5, 5.41) is 13.1. The predicted molar refractivity (Wildman–Crippen MR) is 68.4 cm³/mol. The van der Waals surface area contributed by atoms with Crippen molar-refractivity contribution in [3.63, 3.8) is 0 Å². The molecule has 0 unspecified atom stereocenters. The van der Waals surface area contributed by atoms with Crippen LogP contribution in [0.25, 0.3) is 0 Å². The van der Waals surface area contributed by atoms with E-state index >= 15 is 0 Å². The molecule has 1 aliphatic heterocycles. The third-order valence-corrected chi connectivity index (χ3v) is 3.66. The summed E-state index contributed by atoms with van der Waals surface area (Å²) in [4.78, 5) is 1.73. The molecule has 0 bridgehead atoms. The van der Waals surface area contributed by atoms with Gasteiger partial charge in [0.05, 0.1) is 5.69 Å². The summed E-state index contributed by atoms with van der Waals surface area (Å²) >= 11 is 7.41. The maximum atomic E-state index is 9.10. The molecule has 2 nitrogen and oxygen atoms in total. The molecule has 0 atom stereocenters. The summed E-state index contributed by atoms with van der Waals surface area (Å²) in [5.74, 6) is 0.311. The minimum absolute atomic E-state index is 0.311. The highest BCUT2D eigenvalue weighted by molar-refractivity contribution is 8.03. The van der Waals surface area contributed by atoms with E-state index < -0.39 is 0 Å². The lowest BCUT2D eigenvalue weighted by atomic mass is 10.1. The Hall–Kier alpha value is -1.11. The fraction of sp³-hybridized carbons (Fsp3) is 0.250. The van der Waals surface area contributed by atoms with Gasteiger partial charge in [-0.1, -0.05) is 37.2 Å². The molecule has 0 aromatic heterocycles. The number of nitrogens with zero attached hydrogens (tertiary/aromatic N) is 1. The van der Waals surface area contributed by atoms with Gasteiger partial charge in [0.15, 0.2) is 0 Å². The lowest BCUT2D eigenvalue weighted by Crippen LogP contribution is -2.12. The number of anilines is 1. The minimum atomic E-state index is 0.311. The molecule has 82 valence electrons.